The molecule has 1 fully saturated rings. The Kier molecular flexibility index (Phi) is 5.98. The van der Waals surface area contributed by atoms with E-state index in [1.807, 2.05) is 39.8 Å². The van der Waals surface area contributed by atoms with Gasteiger partial charge in [-0.05, 0) is 44.2 Å². The number of amidine groups is 1. The third kappa shape index (κ3) is 3.75. The molecule has 2 atom stereocenters. The molecule has 0 aliphatic carbocycles. The van der Waals surface area contributed by atoms with Gasteiger partial charge in [-0.3, -0.25) is 9.69 Å². The van der Waals surface area contributed by atoms with Crippen LogP contribution in [0.25, 0.3) is 0 Å². The lowest BCUT2D eigenvalue weighted by atomic mass is 9.92. The number of esters is 1. The van der Waals surface area contributed by atoms with Gasteiger partial charge in [-0.2, -0.15) is 0 Å². The highest BCUT2D eigenvalue weighted by atomic mass is 32.2. The van der Waals surface area contributed by atoms with Crippen molar-refractivity contribution in [2.24, 2.45) is 4.99 Å². The van der Waals surface area contributed by atoms with Gasteiger partial charge in [-0.25, -0.2) is 9.79 Å². The molecule has 2 heterocycles. The summed E-state index contributed by atoms with van der Waals surface area (Å²) >= 11 is 1.48. The Morgan fingerprint density at radius 1 is 1.21 bits per heavy atom. The molecule has 2 aliphatic heterocycles. The number of fused-ring (bicyclic) bond motifs is 1. The van der Waals surface area contributed by atoms with Crippen molar-refractivity contribution < 1.29 is 14.3 Å². The van der Waals surface area contributed by atoms with Crippen LogP contribution in [0, 0.1) is 0 Å². The summed E-state index contributed by atoms with van der Waals surface area (Å²) in [4.78, 5) is 32.3. The fourth-order valence-corrected chi connectivity index (χ4v) is 4.64. The van der Waals surface area contributed by atoms with Gasteiger partial charge >= 0.3 is 5.97 Å². The maximum Gasteiger partial charge on any atom is 0.338 e. The molecular formula is C22H28N2O3S. The number of hydrogen-bond acceptors (Lipinski definition) is 5. The number of rotatable bonds is 5. The van der Waals surface area contributed by atoms with Crippen LogP contribution in [0.4, 0.5) is 0 Å². The molecule has 1 amide bonds. The van der Waals surface area contributed by atoms with Crippen LogP contribution < -0.4 is 0 Å². The van der Waals surface area contributed by atoms with Crippen molar-refractivity contribution in [1.82, 2.24) is 4.90 Å². The van der Waals surface area contributed by atoms with Crippen LogP contribution >= 0.6 is 11.8 Å². The minimum absolute atomic E-state index is 0.00605. The third-order valence-corrected chi connectivity index (χ3v) is 6.32. The van der Waals surface area contributed by atoms with E-state index in [1.165, 1.54) is 17.3 Å². The van der Waals surface area contributed by atoms with Gasteiger partial charge in [0.15, 0.2) is 5.17 Å². The monoisotopic (exact) mass is 400 g/mol. The summed E-state index contributed by atoms with van der Waals surface area (Å²) < 4.78 is 5.50. The van der Waals surface area contributed by atoms with E-state index in [0.717, 1.165) is 12.0 Å². The Balaban J connectivity index is 2.10. The Hall–Kier alpha value is -2.08. The summed E-state index contributed by atoms with van der Waals surface area (Å²) in [6, 6.07) is 7.65. The quantitative estimate of drug-likeness (QED) is 0.666. The van der Waals surface area contributed by atoms with Gasteiger partial charge < -0.3 is 4.74 Å². The predicted molar refractivity (Wildman–Crippen MR) is 113 cm³/mol. The molecule has 150 valence electrons. The van der Waals surface area contributed by atoms with Gasteiger partial charge in [0.25, 0.3) is 0 Å². The van der Waals surface area contributed by atoms with E-state index in [0.29, 0.717) is 22.4 Å². The van der Waals surface area contributed by atoms with Gasteiger partial charge in [-0.15, -0.1) is 0 Å². The molecule has 0 spiro atoms. The molecule has 0 saturated carbocycles. The highest BCUT2D eigenvalue weighted by Crippen LogP contribution is 2.44. The molecule has 0 N–H and O–H groups in total. The first kappa shape index (κ1) is 20.6. The standard InChI is InChI=1S/C22H28N2O3S/c1-7-17-20(25)24-19(16-10-8-15(9-11-16)12(2)3)18(21(26)27-13(4)5)14(6)23-22(24)28-17/h8-13,17,19H,7H2,1-6H3. The maximum absolute atomic E-state index is 13.1. The first-order valence-corrected chi connectivity index (χ1v) is 10.7. The van der Waals surface area contributed by atoms with Crippen LogP contribution in [0.2, 0.25) is 0 Å². The van der Waals surface area contributed by atoms with Crippen LogP contribution in [-0.4, -0.2) is 33.3 Å². The van der Waals surface area contributed by atoms with E-state index in [9.17, 15) is 9.59 Å². The number of hydrogen-bond donors (Lipinski definition) is 0. The largest absolute Gasteiger partial charge is 0.459 e. The normalized spacial score (nSPS) is 22.1. The lowest BCUT2D eigenvalue weighted by Gasteiger charge is -2.33. The minimum Gasteiger partial charge on any atom is -0.459 e. The van der Waals surface area contributed by atoms with Crippen molar-refractivity contribution >= 4 is 28.8 Å². The molecule has 0 bridgehead atoms. The molecule has 2 aliphatic rings. The SMILES string of the molecule is CCC1SC2=NC(C)=C(C(=O)OC(C)C)C(c3ccc(C(C)C)cc3)N2C1=O. The molecule has 1 saturated heterocycles. The zero-order chi connectivity index (χ0) is 20.6. The summed E-state index contributed by atoms with van der Waals surface area (Å²) in [5.74, 6) is 0.00569. The summed E-state index contributed by atoms with van der Waals surface area (Å²) in [6.07, 6.45) is 0.484. The smallest absolute Gasteiger partial charge is 0.338 e. The second-order valence-corrected chi connectivity index (χ2v) is 8.96. The van der Waals surface area contributed by atoms with Crippen molar-refractivity contribution in [1.29, 1.82) is 0 Å². The number of allylic oxidation sites excluding steroid dienone is 1. The van der Waals surface area contributed by atoms with Crippen LogP contribution in [0.15, 0.2) is 40.5 Å². The second-order valence-electron chi connectivity index (χ2n) is 7.79. The van der Waals surface area contributed by atoms with Gasteiger partial charge in [-0.1, -0.05) is 56.8 Å². The summed E-state index contributed by atoms with van der Waals surface area (Å²) in [7, 11) is 0. The molecule has 2 unspecified atom stereocenters. The van der Waals surface area contributed by atoms with Crippen molar-refractivity contribution in [2.75, 3.05) is 0 Å². The Morgan fingerprint density at radius 3 is 2.39 bits per heavy atom. The van der Waals surface area contributed by atoms with Gasteiger partial charge in [0, 0.05) is 0 Å². The van der Waals surface area contributed by atoms with Crippen molar-refractivity contribution in [3.8, 4) is 0 Å². The molecular weight excluding hydrogens is 372 g/mol. The zero-order valence-corrected chi connectivity index (χ0v) is 18.2. The van der Waals surface area contributed by atoms with E-state index in [4.69, 9.17) is 4.74 Å². The third-order valence-electron chi connectivity index (χ3n) is 5.00. The average Bonchev–Trinajstić information content (AvgIpc) is 2.95. The van der Waals surface area contributed by atoms with E-state index < -0.39 is 12.0 Å². The fourth-order valence-electron chi connectivity index (χ4n) is 3.51. The average molecular weight is 401 g/mol. The van der Waals surface area contributed by atoms with Crippen LogP contribution in [0.3, 0.4) is 0 Å². The van der Waals surface area contributed by atoms with Crippen LogP contribution in [-0.2, 0) is 14.3 Å². The highest BCUT2D eigenvalue weighted by Gasteiger charge is 2.47. The number of thioether (sulfide) groups is 1. The van der Waals surface area contributed by atoms with Gasteiger partial charge in [0.1, 0.15) is 0 Å². The molecule has 1 aromatic carbocycles. The summed E-state index contributed by atoms with van der Waals surface area (Å²) in [6.45, 7) is 11.7. The maximum atomic E-state index is 13.1. The van der Waals surface area contributed by atoms with E-state index in [1.54, 1.807) is 4.90 Å². The number of carbonyl (C=O) groups is 2. The van der Waals surface area contributed by atoms with Gasteiger partial charge in [0.2, 0.25) is 5.91 Å². The van der Waals surface area contributed by atoms with Gasteiger partial charge in [0.05, 0.1) is 28.7 Å². The molecule has 6 heteroatoms. The number of amides is 1. The number of benzene rings is 1. The highest BCUT2D eigenvalue weighted by molar-refractivity contribution is 8.15. The summed E-state index contributed by atoms with van der Waals surface area (Å²) in [5.41, 5.74) is 3.18. The number of ether oxygens (including phenoxy) is 1. The molecule has 3 rings (SSSR count). The van der Waals surface area contributed by atoms with Crippen LogP contribution in [0.1, 0.15) is 71.0 Å². The first-order chi connectivity index (χ1) is 13.2. The Bertz CT molecular complexity index is 840. The molecule has 28 heavy (non-hydrogen) atoms. The summed E-state index contributed by atoms with van der Waals surface area (Å²) in [5, 5.41) is 0.512. The Morgan fingerprint density at radius 2 is 1.86 bits per heavy atom. The first-order valence-electron chi connectivity index (χ1n) is 9.84. The topological polar surface area (TPSA) is 59.0 Å². The van der Waals surface area contributed by atoms with Crippen molar-refractivity contribution in [2.45, 2.75) is 71.3 Å². The zero-order valence-electron chi connectivity index (χ0n) is 17.4. The number of nitrogens with zero attached hydrogens (tertiary/aromatic N) is 2. The number of carbonyl (C=O) groups excluding carboxylic acids is 2. The van der Waals surface area contributed by atoms with E-state index >= 15 is 0 Å². The molecule has 5 nitrogen and oxygen atoms in total. The second kappa shape index (κ2) is 8.11. The van der Waals surface area contributed by atoms with Crippen molar-refractivity contribution in [3.05, 3.63) is 46.7 Å². The van der Waals surface area contributed by atoms with Crippen molar-refractivity contribution in [3.63, 3.8) is 0 Å². The molecule has 1 aromatic rings. The Labute approximate surface area is 171 Å². The van der Waals surface area contributed by atoms with E-state index in [2.05, 4.69) is 31.0 Å². The van der Waals surface area contributed by atoms with E-state index in [-0.39, 0.29) is 17.3 Å². The van der Waals surface area contributed by atoms with Crippen LogP contribution in [0.5, 0.6) is 0 Å². The minimum atomic E-state index is -0.503. The molecule has 0 aromatic heterocycles. The number of aliphatic imine (C=N–C) groups is 1. The lowest BCUT2D eigenvalue weighted by molar-refractivity contribution is -0.143. The predicted octanol–water partition coefficient (Wildman–Crippen LogP) is 4.80. The fraction of sp³-hybridized carbons (Fsp3) is 0.500. The lowest BCUT2D eigenvalue weighted by Crippen LogP contribution is -2.41. The molecule has 0 radical (unpaired) electrons.